The summed E-state index contributed by atoms with van der Waals surface area (Å²) < 4.78 is 0. The Labute approximate surface area is 131 Å². The first-order valence-electron chi connectivity index (χ1n) is 7.44. The highest BCUT2D eigenvalue weighted by atomic mass is 32.2. The minimum Gasteiger partial charge on any atom is -0.352 e. The topological polar surface area (TPSA) is 53.2 Å². The third kappa shape index (κ3) is 3.99. The summed E-state index contributed by atoms with van der Waals surface area (Å²) in [5.41, 5.74) is 7.55. The molecular formula is C16H25N3OS. The monoisotopic (exact) mass is 307 g/mol. The van der Waals surface area contributed by atoms with Crippen molar-refractivity contribution < 1.29 is 4.79 Å². The van der Waals surface area contributed by atoms with Crippen molar-refractivity contribution >= 4 is 17.7 Å². The van der Waals surface area contributed by atoms with Gasteiger partial charge < -0.3 is 5.32 Å². The highest BCUT2D eigenvalue weighted by Crippen LogP contribution is 2.21. The maximum atomic E-state index is 12.5. The molecule has 1 fully saturated rings. The minimum atomic E-state index is -0.0320. The summed E-state index contributed by atoms with van der Waals surface area (Å²) in [6.45, 7) is 6.91. The van der Waals surface area contributed by atoms with Crippen LogP contribution in [0.15, 0.2) is 29.2 Å². The Kier molecular flexibility index (Phi) is 5.67. The maximum absolute atomic E-state index is 12.5. The van der Waals surface area contributed by atoms with Crippen LogP contribution in [0.2, 0.25) is 0 Å². The largest absolute Gasteiger partial charge is 0.352 e. The summed E-state index contributed by atoms with van der Waals surface area (Å²) in [5, 5.41) is 3.07. The second-order valence-corrected chi connectivity index (χ2v) is 6.82. The summed E-state index contributed by atoms with van der Waals surface area (Å²) in [6.07, 6.45) is 2.06. The number of hydrogen-bond acceptors (Lipinski definition) is 4. The molecule has 1 heterocycles. The number of thioether (sulfide) groups is 1. The Morgan fingerprint density at radius 2 is 1.95 bits per heavy atom. The van der Waals surface area contributed by atoms with Crippen LogP contribution in [0.25, 0.3) is 0 Å². The van der Waals surface area contributed by atoms with Crippen molar-refractivity contribution in [3.05, 3.63) is 29.8 Å². The average Bonchev–Trinajstić information content (AvgIpc) is 2.87. The van der Waals surface area contributed by atoms with Crippen LogP contribution < -0.4 is 16.2 Å². The molecule has 0 radical (unpaired) electrons. The third-order valence-electron chi connectivity index (χ3n) is 4.05. The van der Waals surface area contributed by atoms with Gasteiger partial charge in [0, 0.05) is 23.5 Å². The van der Waals surface area contributed by atoms with E-state index in [0.717, 1.165) is 5.56 Å². The lowest BCUT2D eigenvalue weighted by Crippen LogP contribution is -2.43. The fourth-order valence-corrected chi connectivity index (χ4v) is 3.15. The number of amides is 1. The molecule has 2 rings (SSSR count). The van der Waals surface area contributed by atoms with Gasteiger partial charge in [-0.2, -0.15) is 0 Å². The van der Waals surface area contributed by atoms with E-state index in [-0.39, 0.29) is 23.9 Å². The zero-order valence-corrected chi connectivity index (χ0v) is 14.0. The number of rotatable bonds is 5. The quantitative estimate of drug-likeness (QED) is 0.730. The molecule has 1 aromatic rings. The first kappa shape index (κ1) is 16.3. The van der Waals surface area contributed by atoms with Crippen LogP contribution in [-0.2, 0) is 11.3 Å². The molecule has 1 aliphatic rings. The van der Waals surface area contributed by atoms with E-state index in [2.05, 4.69) is 60.5 Å². The van der Waals surface area contributed by atoms with Gasteiger partial charge in [-0.15, -0.1) is 11.8 Å². The molecule has 0 bridgehead atoms. The van der Waals surface area contributed by atoms with Gasteiger partial charge in [0.25, 0.3) is 0 Å². The highest BCUT2D eigenvalue weighted by molar-refractivity contribution is 7.98. The molecule has 1 saturated heterocycles. The van der Waals surface area contributed by atoms with Gasteiger partial charge in [-0.25, -0.2) is 0 Å². The van der Waals surface area contributed by atoms with Crippen LogP contribution >= 0.6 is 11.8 Å². The first-order valence-corrected chi connectivity index (χ1v) is 8.67. The van der Waals surface area contributed by atoms with E-state index in [4.69, 9.17) is 0 Å². The van der Waals surface area contributed by atoms with Crippen LogP contribution in [-0.4, -0.2) is 24.2 Å². The number of carbonyl (C=O) groups is 1. The van der Waals surface area contributed by atoms with Crippen LogP contribution in [0.3, 0.4) is 0 Å². The molecule has 0 saturated carbocycles. The molecule has 1 amide bonds. The Morgan fingerprint density at radius 3 is 2.52 bits per heavy atom. The van der Waals surface area contributed by atoms with Gasteiger partial charge in [0.2, 0.25) is 5.91 Å². The lowest BCUT2D eigenvalue weighted by molar-refractivity contribution is -0.126. The molecule has 3 N–H and O–H groups in total. The van der Waals surface area contributed by atoms with E-state index in [1.54, 1.807) is 11.8 Å². The van der Waals surface area contributed by atoms with Gasteiger partial charge in [0.05, 0.1) is 5.92 Å². The average molecular weight is 307 g/mol. The van der Waals surface area contributed by atoms with Gasteiger partial charge in [0.1, 0.15) is 0 Å². The fourth-order valence-electron chi connectivity index (χ4n) is 2.74. The number of hydrazine groups is 1. The summed E-state index contributed by atoms with van der Waals surface area (Å²) in [5.74, 6) is 0.502. The van der Waals surface area contributed by atoms with E-state index in [0.29, 0.717) is 12.5 Å². The molecule has 3 unspecified atom stereocenters. The number of carbonyl (C=O) groups excluding carboxylic acids is 1. The molecule has 1 aromatic carbocycles. The molecule has 0 aliphatic carbocycles. The van der Waals surface area contributed by atoms with Crippen molar-refractivity contribution in [1.29, 1.82) is 0 Å². The van der Waals surface area contributed by atoms with Crippen molar-refractivity contribution in [1.82, 2.24) is 16.2 Å². The second-order valence-electron chi connectivity index (χ2n) is 5.94. The number of benzene rings is 1. The maximum Gasteiger partial charge on any atom is 0.226 e. The summed E-state index contributed by atoms with van der Waals surface area (Å²) >= 11 is 1.72. The van der Waals surface area contributed by atoms with Crippen LogP contribution in [0.5, 0.6) is 0 Å². The van der Waals surface area contributed by atoms with Crippen molar-refractivity contribution in [2.75, 3.05) is 6.26 Å². The summed E-state index contributed by atoms with van der Waals surface area (Å²) in [4.78, 5) is 13.7. The van der Waals surface area contributed by atoms with E-state index < -0.39 is 0 Å². The normalized spacial score (nSPS) is 25.3. The van der Waals surface area contributed by atoms with Gasteiger partial charge in [-0.1, -0.05) is 26.0 Å². The van der Waals surface area contributed by atoms with Crippen LogP contribution in [0.1, 0.15) is 26.3 Å². The van der Waals surface area contributed by atoms with Crippen molar-refractivity contribution in [3.8, 4) is 0 Å². The number of hydrogen-bond donors (Lipinski definition) is 3. The van der Waals surface area contributed by atoms with Crippen LogP contribution in [0.4, 0.5) is 0 Å². The molecule has 116 valence electrons. The lowest BCUT2D eigenvalue weighted by Gasteiger charge is -2.23. The standard InChI is InChI=1S/C16H25N3OS/c1-10(2)15-14(11(3)18-19-15)16(20)17-9-12-5-7-13(21-4)8-6-12/h5-8,10-11,14-15,18-19H,9H2,1-4H3,(H,17,20). The van der Waals surface area contributed by atoms with E-state index in [1.807, 2.05) is 6.92 Å². The zero-order chi connectivity index (χ0) is 15.4. The van der Waals surface area contributed by atoms with Gasteiger partial charge in [0.15, 0.2) is 0 Å². The molecule has 1 aliphatic heterocycles. The molecule has 0 aromatic heterocycles. The Morgan fingerprint density at radius 1 is 1.29 bits per heavy atom. The molecule has 21 heavy (non-hydrogen) atoms. The highest BCUT2D eigenvalue weighted by Gasteiger charge is 2.39. The Hall–Kier alpha value is -1.04. The predicted molar refractivity (Wildman–Crippen MR) is 87.9 cm³/mol. The number of nitrogens with one attached hydrogen (secondary N) is 3. The van der Waals surface area contributed by atoms with E-state index in [1.165, 1.54) is 4.90 Å². The molecule has 5 heteroatoms. The third-order valence-corrected chi connectivity index (χ3v) is 4.79. The molecule has 3 atom stereocenters. The van der Waals surface area contributed by atoms with E-state index in [9.17, 15) is 4.79 Å². The van der Waals surface area contributed by atoms with Crippen molar-refractivity contribution in [3.63, 3.8) is 0 Å². The first-order chi connectivity index (χ1) is 10.0. The zero-order valence-electron chi connectivity index (χ0n) is 13.1. The van der Waals surface area contributed by atoms with E-state index >= 15 is 0 Å². The predicted octanol–water partition coefficient (Wildman–Crippen LogP) is 2.16. The minimum absolute atomic E-state index is 0.0320. The van der Waals surface area contributed by atoms with Crippen molar-refractivity contribution in [2.24, 2.45) is 11.8 Å². The molecule has 0 spiro atoms. The Balaban J connectivity index is 1.93. The van der Waals surface area contributed by atoms with Crippen LogP contribution in [0, 0.1) is 11.8 Å². The van der Waals surface area contributed by atoms with Gasteiger partial charge in [-0.3, -0.25) is 15.6 Å². The van der Waals surface area contributed by atoms with Gasteiger partial charge in [-0.05, 0) is 36.8 Å². The lowest BCUT2D eigenvalue weighted by atomic mass is 9.87. The second kappa shape index (κ2) is 7.29. The van der Waals surface area contributed by atoms with Gasteiger partial charge >= 0.3 is 0 Å². The summed E-state index contributed by atoms with van der Waals surface area (Å²) in [7, 11) is 0. The molecular weight excluding hydrogens is 282 g/mol. The fraction of sp³-hybridized carbons (Fsp3) is 0.562. The Bertz CT molecular complexity index is 475. The van der Waals surface area contributed by atoms with Crippen molar-refractivity contribution in [2.45, 2.75) is 44.3 Å². The molecule has 4 nitrogen and oxygen atoms in total. The SMILES string of the molecule is CSc1ccc(CNC(=O)C2C(C)NNC2C(C)C)cc1. The smallest absolute Gasteiger partial charge is 0.226 e. The summed E-state index contributed by atoms with van der Waals surface area (Å²) in [6, 6.07) is 8.64.